The molecule has 3 aromatic rings. The number of hydrogen-bond donors (Lipinski definition) is 2. The second kappa shape index (κ2) is 9.44. The highest BCUT2D eigenvalue weighted by Gasteiger charge is 2.15. The van der Waals surface area contributed by atoms with Gasteiger partial charge in [-0.25, -0.2) is 4.79 Å². The number of aliphatic hydroxyl groups is 1. The van der Waals surface area contributed by atoms with Gasteiger partial charge in [-0.2, -0.15) is 0 Å². The van der Waals surface area contributed by atoms with Gasteiger partial charge in [0.15, 0.2) is 0 Å². The van der Waals surface area contributed by atoms with E-state index in [0.29, 0.717) is 23.9 Å². The average molecular weight is 415 g/mol. The smallest absolute Gasteiger partial charge is 0.354 e. The van der Waals surface area contributed by atoms with Crippen LogP contribution in [0.25, 0.3) is 10.9 Å². The van der Waals surface area contributed by atoms with E-state index >= 15 is 0 Å². The highest BCUT2D eigenvalue weighted by molar-refractivity contribution is 6.30. The van der Waals surface area contributed by atoms with E-state index in [0.717, 1.165) is 28.5 Å². The van der Waals surface area contributed by atoms with Crippen molar-refractivity contribution in [3.8, 4) is 0 Å². The zero-order valence-corrected chi connectivity index (χ0v) is 17.7. The van der Waals surface area contributed by atoms with E-state index in [2.05, 4.69) is 24.4 Å². The molecule has 0 saturated heterocycles. The number of nitrogens with zero attached hydrogens (tertiary/aromatic N) is 1. The number of fused-ring (bicyclic) bond motifs is 1. The molecule has 0 amide bonds. The van der Waals surface area contributed by atoms with Crippen LogP contribution in [-0.4, -0.2) is 34.8 Å². The molecule has 0 saturated carbocycles. The minimum atomic E-state index is -0.611. The molecule has 1 aromatic heterocycles. The molecular weight excluding hydrogens is 388 g/mol. The number of aliphatic hydroxyl groups excluding tert-OH is 1. The van der Waals surface area contributed by atoms with Gasteiger partial charge >= 0.3 is 5.97 Å². The van der Waals surface area contributed by atoms with Gasteiger partial charge in [-0.05, 0) is 61.7 Å². The highest BCUT2D eigenvalue weighted by Crippen LogP contribution is 2.22. The van der Waals surface area contributed by atoms with Gasteiger partial charge in [-0.1, -0.05) is 29.8 Å². The number of aromatic nitrogens is 1. The normalized spacial score (nSPS) is 13.4. The van der Waals surface area contributed by atoms with E-state index in [9.17, 15) is 9.90 Å². The van der Waals surface area contributed by atoms with Crippen molar-refractivity contribution < 1.29 is 14.6 Å². The average Bonchev–Trinajstić information content (AvgIpc) is 3.02. The van der Waals surface area contributed by atoms with Crippen LogP contribution in [-0.2, 0) is 18.2 Å². The lowest BCUT2D eigenvalue weighted by atomic mass is 10.0. The number of ether oxygens (including phenoxy) is 1. The minimum Gasteiger partial charge on any atom is -0.461 e. The number of nitrogens with one attached hydrogen (secondary N) is 1. The molecule has 0 bridgehead atoms. The summed E-state index contributed by atoms with van der Waals surface area (Å²) in [5.74, 6) is -0.308. The summed E-state index contributed by atoms with van der Waals surface area (Å²) in [6.45, 7) is 4.69. The third-order valence-electron chi connectivity index (χ3n) is 5.03. The largest absolute Gasteiger partial charge is 0.461 e. The Hall–Kier alpha value is -2.34. The summed E-state index contributed by atoms with van der Waals surface area (Å²) in [5.41, 5.74) is 3.51. The van der Waals surface area contributed by atoms with Crippen LogP contribution in [0, 0.1) is 0 Å². The van der Waals surface area contributed by atoms with Gasteiger partial charge in [-0.15, -0.1) is 0 Å². The van der Waals surface area contributed by atoms with Gasteiger partial charge in [0.25, 0.3) is 0 Å². The predicted octanol–water partition coefficient (Wildman–Crippen LogP) is 4.26. The van der Waals surface area contributed by atoms with E-state index in [4.69, 9.17) is 16.3 Å². The van der Waals surface area contributed by atoms with Gasteiger partial charge in [0, 0.05) is 35.6 Å². The molecule has 5 nitrogen and oxygen atoms in total. The molecule has 6 heteroatoms. The maximum Gasteiger partial charge on any atom is 0.354 e. The molecule has 0 aliphatic heterocycles. The first kappa shape index (κ1) is 21.4. The first-order valence-corrected chi connectivity index (χ1v) is 10.2. The van der Waals surface area contributed by atoms with Crippen molar-refractivity contribution in [1.29, 1.82) is 0 Å². The van der Waals surface area contributed by atoms with E-state index in [1.54, 1.807) is 19.1 Å². The number of rotatable bonds is 8. The zero-order chi connectivity index (χ0) is 21.0. The molecule has 3 rings (SSSR count). The fourth-order valence-electron chi connectivity index (χ4n) is 3.50. The van der Waals surface area contributed by atoms with Crippen molar-refractivity contribution in [2.45, 2.75) is 32.4 Å². The summed E-state index contributed by atoms with van der Waals surface area (Å²) < 4.78 is 6.99. The van der Waals surface area contributed by atoms with Crippen LogP contribution < -0.4 is 5.32 Å². The molecule has 29 heavy (non-hydrogen) atoms. The van der Waals surface area contributed by atoms with Gasteiger partial charge in [-0.3, -0.25) is 0 Å². The van der Waals surface area contributed by atoms with E-state index in [1.165, 1.54) is 0 Å². The lowest BCUT2D eigenvalue weighted by Crippen LogP contribution is -2.32. The Kier molecular flexibility index (Phi) is 6.96. The van der Waals surface area contributed by atoms with Crippen LogP contribution in [0.2, 0.25) is 5.02 Å². The quantitative estimate of drug-likeness (QED) is 0.540. The Morgan fingerprint density at radius 3 is 2.76 bits per heavy atom. The van der Waals surface area contributed by atoms with Gasteiger partial charge in [0.2, 0.25) is 0 Å². The summed E-state index contributed by atoms with van der Waals surface area (Å²) in [6.07, 6.45) is 0.196. The fourth-order valence-corrected chi connectivity index (χ4v) is 3.70. The number of carbonyl (C=O) groups excluding carboxylic acids is 1. The maximum atomic E-state index is 12.1. The fraction of sp³-hybridized carbons (Fsp3) is 0.348. The Morgan fingerprint density at radius 2 is 2.03 bits per heavy atom. The maximum absolute atomic E-state index is 12.1. The first-order chi connectivity index (χ1) is 13.9. The van der Waals surface area contributed by atoms with Crippen molar-refractivity contribution in [2.24, 2.45) is 7.05 Å². The van der Waals surface area contributed by atoms with Crippen LogP contribution >= 0.6 is 11.6 Å². The van der Waals surface area contributed by atoms with Crippen LogP contribution in [0.4, 0.5) is 0 Å². The summed E-state index contributed by atoms with van der Waals surface area (Å²) in [5, 5.41) is 15.4. The molecule has 0 unspecified atom stereocenters. The Bertz CT molecular complexity index is 999. The third-order valence-corrected chi connectivity index (χ3v) is 5.26. The van der Waals surface area contributed by atoms with Crippen LogP contribution in [0.15, 0.2) is 48.5 Å². The molecule has 0 spiro atoms. The number of esters is 1. The van der Waals surface area contributed by atoms with Crippen LogP contribution in [0.3, 0.4) is 0 Å². The summed E-state index contributed by atoms with van der Waals surface area (Å²) in [7, 11) is 1.87. The van der Waals surface area contributed by atoms with Gasteiger partial charge in [0.1, 0.15) is 5.69 Å². The van der Waals surface area contributed by atoms with Crippen molar-refractivity contribution in [3.05, 3.63) is 70.4 Å². The molecule has 0 aliphatic rings. The Morgan fingerprint density at radius 1 is 1.24 bits per heavy atom. The molecule has 2 N–H and O–H groups in total. The number of aryl methyl sites for hydroxylation is 1. The van der Waals surface area contributed by atoms with E-state index in [-0.39, 0.29) is 12.0 Å². The van der Waals surface area contributed by atoms with E-state index in [1.807, 2.05) is 35.9 Å². The minimum absolute atomic E-state index is 0.175. The molecule has 0 fully saturated rings. The zero-order valence-electron chi connectivity index (χ0n) is 17.0. The molecule has 2 aromatic carbocycles. The standard InChI is InChI=1S/C23H27ClN2O3/c1-4-29-23(28)21-13-18-11-16(8-9-20(18)26(21)3)10-15(2)25-14-22(27)17-6-5-7-19(24)12-17/h5-9,11-13,15,22,25,27H,4,10,14H2,1-3H3/t15-,22-/m1/s1. The first-order valence-electron chi connectivity index (χ1n) is 9.81. The molecule has 154 valence electrons. The molecule has 0 aliphatic carbocycles. The SMILES string of the molecule is CCOC(=O)c1cc2cc(C[C@@H](C)NC[C@@H](O)c3cccc(Cl)c3)ccc2n1C. The predicted molar refractivity (Wildman–Crippen MR) is 116 cm³/mol. The molecule has 0 radical (unpaired) electrons. The summed E-state index contributed by atoms with van der Waals surface area (Å²) in [6, 6.07) is 15.5. The van der Waals surface area contributed by atoms with Gasteiger partial charge in [0.05, 0.1) is 12.7 Å². The third kappa shape index (κ3) is 5.18. The lowest BCUT2D eigenvalue weighted by molar-refractivity contribution is 0.0516. The molecule has 1 heterocycles. The Balaban J connectivity index is 1.64. The second-order valence-electron chi connectivity index (χ2n) is 7.29. The number of halogens is 1. The number of benzene rings is 2. The Labute approximate surface area is 176 Å². The second-order valence-corrected chi connectivity index (χ2v) is 7.72. The highest BCUT2D eigenvalue weighted by atomic mass is 35.5. The van der Waals surface area contributed by atoms with Crippen LogP contribution in [0.5, 0.6) is 0 Å². The van der Waals surface area contributed by atoms with Crippen molar-refractivity contribution in [3.63, 3.8) is 0 Å². The molecular formula is C23H27ClN2O3. The monoisotopic (exact) mass is 414 g/mol. The van der Waals surface area contributed by atoms with E-state index < -0.39 is 6.10 Å². The van der Waals surface area contributed by atoms with Gasteiger partial charge < -0.3 is 19.7 Å². The summed E-state index contributed by atoms with van der Waals surface area (Å²) in [4.78, 5) is 12.1. The lowest BCUT2D eigenvalue weighted by Gasteiger charge is -2.18. The van der Waals surface area contributed by atoms with Crippen LogP contribution in [0.1, 0.15) is 41.6 Å². The number of hydrogen-bond acceptors (Lipinski definition) is 4. The molecule has 2 atom stereocenters. The summed E-state index contributed by atoms with van der Waals surface area (Å²) >= 11 is 5.99. The van der Waals surface area contributed by atoms with Crippen molar-refractivity contribution >= 4 is 28.5 Å². The topological polar surface area (TPSA) is 63.5 Å². The number of carbonyl (C=O) groups is 1. The van der Waals surface area contributed by atoms with Crippen molar-refractivity contribution in [2.75, 3.05) is 13.2 Å². The van der Waals surface area contributed by atoms with Crippen molar-refractivity contribution in [1.82, 2.24) is 9.88 Å².